The van der Waals surface area contributed by atoms with Crippen LogP contribution in [0.4, 0.5) is 0 Å². The number of piperazine rings is 1. The first kappa shape index (κ1) is 16.8. The van der Waals surface area contributed by atoms with E-state index in [-0.39, 0.29) is 0 Å². The number of rotatable bonds is 5. The third kappa shape index (κ3) is 4.45. The van der Waals surface area contributed by atoms with Gasteiger partial charge in [-0.15, -0.1) is 0 Å². The largest absolute Gasteiger partial charge is 0.311 e. The van der Waals surface area contributed by atoms with Crippen LogP contribution in [0.3, 0.4) is 0 Å². The Labute approximate surface area is 134 Å². The second-order valence-electron chi connectivity index (χ2n) is 6.77. The quantitative estimate of drug-likeness (QED) is 0.877. The van der Waals surface area contributed by atoms with Gasteiger partial charge in [0.15, 0.2) is 0 Å². The molecule has 21 heavy (non-hydrogen) atoms. The van der Waals surface area contributed by atoms with E-state index in [2.05, 4.69) is 56.1 Å². The second-order valence-corrected chi connectivity index (χ2v) is 7.21. The van der Waals surface area contributed by atoms with Crippen LogP contribution in [0.15, 0.2) is 24.3 Å². The van der Waals surface area contributed by atoms with Gasteiger partial charge in [-0.2, -0.15) is 0 Å². The summed E-state index contributed by atoms with van der Waals surface area (Å²) in [6.07, 6.45) is 1.23. The Bertz CT molecular complexity index is 447. The number of benzene rings is 1. The van der Waals surface area contributed by atoms with Crippen molar-refractivity contribution in [2.45, 2.75) is 52.7 Å². The molecule has 1 aliphatic heterocycles. The average Bonchev–Trinajstić information content (AvgIpc) is 2.46. The van der Waals surface area contributed by atoms with Gasteiger partial charge in [0, 0.05) is 36.7 Å². The summed E-state index contributed by atoms with van der Waals surface area (Å²) in [6, 6.07) is 9.48. The van der Waals surface area contributed by atoms with Crippen LogP contribution in [0, 0.1) is 11.8 Å². The molecule has 1 aliphatic rings. The molecule has 3 atom stereocenters. The predicted octanol–water partition coefficient (Wildman–Crippen LogP) is 4.18. The zero-order chi connectivity index (χ0) is 15.4. The molecule has 0 aliphatic carbocycles. The molecule has 0 saturated carbocycles. The molecule has 0 radical (unpaired) electrons. The van der Waals surface area contributed by atoms with E-state index in [0.29, 0.717) is 18.0 Å². The summed E-state index contributed by atoms with van der Waals surface area (Å²) in [5, 5.41) is 4.60. The van der Waals surface area contributed by atoms with E-state index in [1.807, 2.05) is 6.07 Å². The molecule has 2 rings (SSSR count). The zero-order valence-corrected chi connectivity index (χ0v) is 14.5. The number of hydrogen-bond acceptors (Lipinski definition) is 2. The van der Waals surface area contributed by atoms with Crippen LogP contribution >= 0.6 is 11.6 Å². The van der Waals surface area contributed by atoms with Crippen molar-refractivity contribution in [3.63, 3.8) is 0 Å². The standard InChI is InChI=1S/C18H29ClN2/c1-5-14(4)17-12-21(18(10-20-17)13(2)3)11-15-7-6-8-16(19)9-15/h6-9,13-14,17-18,20H,5,10-12H2,1-4H3. The Morgan fingerprint density at radius 3 is 2.71 bits per heavy atom. The van der Waals surface area contributed by atoms with Gasteiger partial charge < -0.3 is 5.32 Å². The third-order valence-corrected chi connectivity index (χ3v) is 5.10. The maximum atomic E-state index is 6.13. The van der Waals surface area contributed by atoms with E-state index in [0.717, 1.165) is 30.6 Å². The van der Waals surface area contributed by atoms with E-state index in [9.17, 15) is 0 Å². The van der Waals surface area contributed by atoms with E-state index < -0.39 is 0 Å². The molecule has 1 N–H and O–H groups in total. The minimum atomic E-state index is 0.601. The Morgan fingerprint density at radius 2 is 2.10 bits per heavy atom. The van der Waals surface area contributed by atoms with Gasteiger partial charge in [0.25, 0.3) is 0 Å². The Balaban J connectivity index is 2.10. The van der Waals surface area contributed by atoms with Crippen molar-refractivity contribution in [2.24, 2.45) is 11.8 Å². The van der Waals surface area contributed by atoms with Gasteiger partial charge in [0.1, 0.15) is 0 Å². The lowest BCUT2D eigenvalue weighted by Crippen LogP contribution is -2.59. The van der Waals surface area contributed by atoms with E-state index in [4.69, 9.17) is 11.6 Å². The van der Waals surface area contributed by atoms with Gasteiger partial charge in [0.2, 0.25) is 0 Å². The van der Waals surface area contributed by atoms with Gasteiger partial charge in [-0.05, 0) is 29.5 Å². The number of nitrogens with zero attached hydrogens (tertiary/aromatic N) is 1. The fourth-order valence-corrected chi connectivity index (χ4v) is 3.44. The number of hydrogen-bond donors (Lipinski definition) is 1. The third-order valence-electron chi connectivity index (χ3n) is 4.86. The number of nitrogens with one attached hydrogen (secondary N) is 1. The molecule has 1 aromatic carbocycles. The minimum absolute atomic E-state index is 0.601. The zero-order valence-electron chi connectivity index (χ0n) is 13.8. The Morgan fingerprint density at radius 1 is 1.33 bits per heavy atom. The van der Waals surface area contributed by atoms with Gasteiger partial charge in [-0.25, -0.2) is 0 Å². The monoisotopic (exact) mass is 308 g/mol. The van der Waals surface area contributed by atoms with Crippen molar-refractivity contribution >= 4 is 11.6 Å². The average molecular weight is 309 g/mol. The van der Waals surface area contributed by atoms with Crippen molar-refractivity contribution < 1.29 is 0 Å². The topological polar surface area (TPSA) is 15.3 Å². The summed E-state index contributed by atoms with van der Waals surface area (Å²) in [6.45, 7) is 12.5. The van der Waals surface area contributed by atoms with E-state index in [1.54, 1.807) is 0 Å². The predicted molar refractivity (Wildman–Crippen MR) is 91.7 cm³/mol. The molecule has 0 bridgehead atoms. The lowest BCUT2D eigenvalue weighted by molar-refractivity contribution is 0.0753. The minimum Gasteiger partial charge on any atom is -0.311 e. The highest BCUT2D eigenvalue weighted by atomic mass is 35.5. The lowest BCUT2D eigenvalue weighted by Gasteiger charge is -2.44. The smallest absolute Gasteiger partial charge is 0.0409 e. The molecule has 3 unspecified atom stereocenters. The summed E-state index contributed by atoms with van der Waals surface area (Å²) >= 11 is 6.13. The Kier molecular flexibility index (Phi) is 6.09. The first-order valence-corrected chi connectivity index (χ1v) is 8.61. The van der Waals surface area contributed by atoms with Gasteiger partial charge in [-0.3, -0.25) is 4.90 Å². The van der Waals surface area contributed by atoms with Crippen molar-refractivity contribution in [3.05, 3.63) is 34.9 Å². The summed E-state index contributed by atoms with van der Waals surface area (Å²) in [5.41, 5.74) is 1.32. The maximum Gasteiger partial charge on any atom is 0.0409 e. The highest BCUT2D eigenvalue weighted by molar-refractivity contribution is 6.30. The van der Waals surface area contributed by atoms with Crippen LogP contribution in [0.25, 0.3) is 0 Å². The van der Waals surface area contributed by atoms with Crippen LogP contribution in [0.1, 0.15) is 39.7 Å². The maximum absolute atomic E-state index is 6.13. The summed E-state index contributed by atoms with van der Waals surface area (Å²) in [5.74, 6) is 1.38. The first-order chi connectivity index (χ1) is 10.0. The van der Waals surface area contributed by atoms with E-state index >= 15 is 0 Å². The Hall–Kier alpha value is -0.570. The second kappa shape index (κ2) is 7.62. The van der Waals surface area contributed by atoms with Crippen LogP contribution in [-0.4, -0.2) is 30.1 Å². The molecule has 0 amide bonds. The molecule has 1 aromatic rings. The van der Waals surface area contributed by atoms with Crippen LogP contribution < -0.4 is 5.32 Å². The highest BCUT2D eigenvalue weighted by Gasteiger charge is 2.31. The van der Waals surface area contributed by atoms with Gasteiger partial charge >= 0.3 is 0 Å². The summed E-state index contributed by atoms with van der Waals surface area (Å²) in [4.78, 5) is 2.64. The van der Waals surface area contributed by atoms with Crippen LogP contribution in [0.5, 0.6) is 0 Å². The molecule has 0 spiro atoms. The highest BCUT2D eigenvalue weighted by Crippen LogP contribution is 2.22. The summed E-state index contributed by atoms with van der Waals surface area (Å²) < 4.78 is 0. The van der Waals surface area contributed by atoms with Crippen molar-refractivity contribution in [3.8, 4) is 0 Å². The molecule has 1 fully saturated rings. The van der Waals surface area contributed by atoms with Crippen LogP contribution in [0.2, 0.25) is 5.02 Å². The molecule has 1 heterocycles. The normalized spacial score (nSPS) is 25.2. The summed E-state index contributed by atoms with van der Waals surface area (Å²) in [7, 11) is 0. The molecule has 1 saturated heterocycles. The van der Waals surface area contributed by atoms with Crippen LogP contribution in [-0.2, 0) is 6.54 Å². The first-order valence-electron chi connectivity index (χ1n) is 8.23. The fraction of sp³-hybridized carbons (Fsp3) is 0.667. The lowest BCUT2D eigenvalue weighted by atomic mass is 9.91. The van der Waals surface area contributed by atoms with Crippen molar-refractivity contribution in [1.82, 2.24) is 10.2 Å². The molecule has 118 valence electrons. The van der Waals surface area contributed by atoms with E-state index in [1.165, 1.54) is 12.0 Å². The fourth-order valence-electron chi connectivity index (χ4n) is 3.23. The van der Waals surface area contributed by atoms with Crippen molar-refractivity contribution in [2.75, 3.05) is 13.1 Å². The molecule has 3 heteroatoms. The number of halogens is 1. The molecular formula is C18H29ClN2. The SMILES string of the molecule is CCC(C)C1CN(Cc2cccc(Cl)c2)C(C(C)C)CN1. The molecule has 0 aromatic heterocycles. The van der Waals surface area contributed by atoms with Crippen molar-refractivity contribution in [1.29, 1.82) is 0 Å². The molecular weight excluding hydrogens is 280 g/mol. The molecule has 2 nitrogen and oxygen atoms in total. The van der Waals surface area contributed by atoms with Gasteiger partial charge in [-0.1, -0.05) is 57.8 Å². The van der Waals surface area contributed by atoms with Gasteiger partial charge in [0.05, 0.1) is 0 Å².